The molecule has 1 rings (SSSR count). The van der Waals surface area contributed by atoms with E-state index in [-0.39, 0.29) is 0 Å². The Kier molecular flexibility index (Phi) is 4.59. The molecule has 0 radical (unpaired) electrons. The van der Waals surface area contributed by atoms with Gasteiger partial charge in [-0.1, -0.05) is 26.0 Å². The zero-order valence-corrected chi connectivity index (χ0v) is 9.53. The second-order valence-corrected chi connectivity index (χ2v) is 3.85. The second-order valence-electron chi connectivity index (χ2n) is 3.85. The third-order valence-electron chi connectivity index (χ3n) is 2.22. The Morgan fingerprint density at radius 3 is 2.33 bits per heavy atom. The summed E-state index contributed by atoms with van der Waals surface area (Å²) in [6.07, 6.45) is -0.460. The van der Waals surface area contributed by atoms with Gasteiger partial charge in [0.05, 0.1) is 13.2 Å². The molecule has 0 fully saturated rings. The quantitative estimate of drug-likeness (QED) is 0.776. The Hall–Kier alpha value is -1.06. The zero-order valence-electron chi connectivity index (χ0n) is 9.53. The largest absolute Gasteiger partial charge is 0.497 e. The van der Waals surface area contributed by atoms with Crippen molar-refractivity contribution in [2.24, 2.45) is 0 Å². The molecule has 0 unspecified atom stereocenters. The molecule has 0 aliphatic heterocycles. The van der Waals surface area contributed by atoms with Gasteiger partial charge in [-0.05, 0) is 17.7 Å². The highest BCUT2D eigenvalue weighted by Gasteiger charge is 2.07. The van der Waals surface area contributed by atoms with E-state index in [0.717, 1.165) is 11.3 Å². The molecule has 3 heteroatoms. The minimum absolute atomic E-state index is 0.387. The molecule has 0 heterocycles. The van der Waals surface area contributed by atoms with Gasteiger partial charge in [0, 0.05) is 12.6 Å². The fourth-order valence-electron chi connectivity index (χ4n) is 1.29. The summed E-state index contributed by atoms with van der Waals surface area (Å²) in [5.74, 6) is 0.808. The van der Waals surface area contributed by atoms with Gasteiger partial charge in [-0.3, -0.25) is 0 Å². The Labute approximate surface area is 91.1 Å². The van der Waals surface area contributed by atoms with E-state index < -0.39 is 6.10 Å². The molecule has 2 N–H and O–H groups in total. The lowest BCUT2D eigenvalue weighted by Crippen LogP contribution is -2.27. The van der Waals surface area contributed by atoms with E-state index in [0.29, 0.717) is 12.6 Å². The van der Waals surface area contributed by atoms with Crippen molar-refractivity contribution in [3.8, 4) is 5.75 Å². The number of aliphatic hydroxyl groups excluding tert-OH is 1. The Morgan fingerprint density at radius 2 is 1.87 bits per heavy atom. The number of methoxy groups -OCH3 is 1. The van der Waals surface area contributed by atoms with Crippen molar-refractivity contribution in [3.05, 3.63) is 29.8 Å². The molecule has 1 atom stereocenters. The number of rotatable bonds is 5. The fraction of sp³-hybridized carbons (Fsp3) is 0.500. The Bertz CT molecular complexity index is 282. The molecule has 0 amide bonds. The maximum atomic E-state index is 9.83. The predicted octanol–water partition coefficient (Wildman–Crippen LogP) is 1.73. The summed E-state index contributed by atoms with van der Waals surface area (Å²) >= 11 is 0. The standard InChI is InChI=1S/C12H19NO2/c1-9(2)13-8-12(14)10-4-6-11(15-3)7-5-10/h4-7,9,12-14H,8H2,1-3H3/t12-/m1/s1. The number of aliphatic hydroxyl groups is 1. The molecular formula is C12H19NO2. The maximum absolute atomic E-state index is 9.83. The average molecular weight is 209 g/mol. The normalized spacial score (nSPS) is 12.9. The van der Waals surface area contributed by atoms with Crippen LogP contribution in [-0.2, 0) is 0 Å². The molecule has 0 saturated heterocycles. The molecule has 3 nitrogen and oxygen atoms in total. The molecule has 15 heavy (non-hydrogen) atoms. The van der Waals surface area contributed by atoms with Crippen molar-refractivity contribution in [1.82, 2.24) is 5.32 Å². The van der Waals surface area contributed by atoms with Crippen LogP contribution in [0.3, 0.4) is 0 Å². The van der Waals surface area contributed by atoms with Crippen LogP contribution >= 0.6 is 0 Å². The van der Waals surface area contributed by atoms with E-state index in [1.165, 1.54) is 0 Å². The number of hydrogen-bond donors (Lipinski definition) is 2. The first-order valence-corrected chi connectivity index (χ1v) is 5.19. The lowest BCUT2D eigenvalue weighted by Gasteiger charge is -2.14. The number of benzene rings is 1. The third kappa shape index (κ3) is 3.90. The molecule has 1 aromatic carbocycles. The Morgan fingerprint density at radius 1 is 1.27 bits per heavy atom. The minimum Gasteiger partial charge on any atom is -0.497 e. The molecule has 0 bridgehead atoms. The van der Waals surface area contributed by atoms with Crippen LogP contribution < -0.4 is 10.1 Å². The van der Waals surface area contributed by atoms with Gasteiger partial charge in [0.15, 0.2) is 0 Å². The van der Waals surface area contributed by atoms with Crippen molar-refractivity contribution in [3.63, 3.8) is 0 Å². The van der Waals surface area contributed by atoms with Crippen molar-refractivity contribution in [2.75, 3.05) is 13.7 Å². The molecule has 0 saturated carbocycles. The lowest BCUT2D eigenvalue weighted by atomic mass is 10.1. The first-order chi connectivity index (χ1) is 7.13. The second kappa shape index (κ2) is 5.73. The van der Waals surface area contributed by atoms with Gasteiger partial charge in [0.25, 0.3) is 0 Å². The molecule has 84 valence electrons. The first kappa shape index (κ1) is 12.0. The van der Waals surface area contributed by atoms with Crippen LogP contribution in [0.15, 0.2) is 24.3 Å². The fourth-order valence-corrected chi connectivity index (χ4v) is 1.29. The SMILES string of the molecule is COc1ccc([C@H](O)CNC(C)C)cc1. The maximum Gasteiger partial charge on any atom is 0.118 e. The van der Waals surface area contributed by atoms with Crippen LogP contribution in [0.4, 0.5) is 0 Å². The molecule has 0 aromatic heterocycles. The van der Waals surface area contributed by atoms with Gasteiger partial charge in [0.1, 0.15) is 5.75 Å². The van der Waals surface area contributed by atoms with Gasteiger partial charge in [-0.2, -0.15) is 0 Å². The lowest BCUT2D eigenvalue weighted by molar-refractivity contribution is 0.171. The minimum atomic E-state index is -0.460. The van der Waals surface area contributed by atoms with Crippen molar-refractivity contribution in [1.29, 1.82) is 0 Å². The van der Waals surface area contributed by atoms with E-state index in [1.54, 1.807) is 7.11 Å². The van der Waals surface area contributed by atoms with E-state index in [9.17, 15) is 5.11 Å². The summed E-state index contributed by atoms with van der Waals surface area (Å²) in [6, 6.07) is 7.86. The summed E-state index contributed by atoms with van der Waals surface area (Å²) in [4.78, 5) is 0. The van der Waals surface area contributed by atoms with Crippen molar-refractivity contribution < 1.29 is 9.84 Å². The molecule has 0 aliphatic carbocycles. The van der Waals surface area contributed by atoms with Crippen LogP contribution in [0.1, 0.15) is 25.5 Å². The zero-order chi connectivity index (χ0) is 11.3. The van der Waals surface area contributed by atoms with E-state index in [1.807, 2.05) is 24.3 Å². The van der Waals surface area contributed by atoms with E-state index in [2.05, 4.69) is 19.2 Å². The summed E-state index contributed by atoms with van der Waals surface area (Å²) in [7, 11) is 1.63. The van der Waals surface area contributed by atoms with Crippen LogP contribution in [-0.4, -0.2) is 24.8 Å². The van der Waals surface area contributed by atoms with Crippen LogP contribution in [0.25, 0.3) is 0 Å². The van der Waals surface area contributed by atoms with Crippen LogP contribution in [0.2, 0.25) is 0 Å². The monoisotopic (exact) mass is 209 g/mol. The van der Waals surface area contributed by atoms with E-state index >= 15 is 0 Å². The molecule has 0 aliphatic rings. The van der Waals surface area contributed by atoms with Crippen LogP contribution in [0.5, 0.6) is 5.75 Å². The highest BCUT2D eigenvalue weighted by atomic mass is 16.5. The molecule has 0 spiro atoms. The number of nitrogens with one attached hydrogen (secondary N) is 1. The van der Waals surface area contributed by atoms with Gasteiger partial charge in [-0.15, -0.1) is 0 Å². The van der Waals surface area contributed by atoms with Gasteiger partial charge in [-0.25, -0.2) is 0 Å². The first-order valence-electron chi connectivity index (χ1n) is 5.19. The summed E-state index contributed by atoms with van der Waals surface area (Å²) in [6.45, 7) is 4.69. The highest BCUT2D eigenvalue weighted by Crippen LogP contribution is 2.16. The summed E-state index contributed by atoms with van der Waals surface area (Å²) < 4.78 is 5.05. The summed E-state index contributed by atoms with van der Waals surface area (Å²) in [5, 5.41) is 13.0. The molecular weight excluding hydrogens is 190 g/mol. The average Bonchev–Trinajstić information content (AvgIpc) is 2.26. The van der Waals surface area contributed by atoms with Gasteiger partial charge < -0.3 is 15.2 Å². The third-order valence-corrected chi connectivity index (χ3v) is 2.22. The van der Waals surface area contributed by atoms with Crippen LogP contribution in [0, 0.1) is 0 Å². The van der Waals surface area contributed by atoms with E-state index in [4.69, 9.17) is 4.74 Å². The van der Waals surface area contributed by atoms with Crippen molar-refractivity contribution in [2.45, 2.75) is 26.0 Å². The van der Waals surface area contributed by atoms with Gasteiger partial charge >= 0.3 is 0 Å². The Balaban J connectivity index is 2.54. The summed E-state index contributed by atoms with van der Waals surface area (Å²) in [5.41, 5.74) is 0.906. The van der Waals surface area contributed by atoms with Crippen molar-refractivity contribution >= 4 is 0 Å². The smallest absolute Gasteiger partial charge is 0.118 e. The predicted molar refractivity (Wildman–Crippen MR) is 61.1 cm³/mol. The van der Waals surface area contributed by atoms with Gasteiger partial charge in [0.2, 0.25) is 0 Å². The topological polar surface area (TPSA) is 41.5 Å². The highest BCUT2D eigenvalue weighted by molar-refractivity contribution is 5.28. The number of hydrogen-bond acceptors (Lipinski definition) is 3. The molecule has 1 aromatic rings. The number of ether oxygens (including phenoxy) is 1.